The highest BCUT2D eigenvalue weighted by Gasteiger charge is 2.11. The van der Waals surface area contributed by atoms with Gasteiger partial charge in [-0.05, 0) is 31.0 Å². The molecule has 0 aliphatic rings. The quantitative estimate of drug-likeness (QED) is 0.679. The Morgan fingerprint density at radius 1 is 1.35 bits per heavy atom. The van der Waals surface area contributed by atoms with Crippen LogP contribution in [-0.2, 0) is 13.7 Å². The standard InChI is InChI=1S/C15H18N2O2S/c1-10-4-5-12(6-11(10)2)14(19)9-20-15-16-7-13(8-18)17(15)3/h4-7,18H,8-9H2,1-3H3. The number of imidazole rings is 1. The number of ketones is 1. The van der Waals surface area contributed by atoms with Crippen molar-refractivity contribution in [1.82, 2.24) is 9.55 Å². The molecule has 106 valence electrons. The largest absolute Gasteiger partial charge is 0.390 e. The Balaban J connectivity index is 2.04. The van der Waals surface area contributed by atoms with Crippen LogP contribution in [0.15, 0.2) is 29.6 Å². The maximum atomic E-state index is 12.2. The van der Waals surface area contributed by atoms with E-state index in [0.29, 0.717) is 5.75 Å². The highest BCUT2D eigenvalue weighted by molar-refractivity contribution is 7.99. The van der Waals surface area contributed by atoms with Gasteiger partial charge in [-0.3, -0.25) is 4.79 Å². The van der Waals surface area contributed by atoms with E-state index in [1.807, 2.05) is 39.1 Å². The van der Waals surface area contributed by atoms with Crippen molar-refractivity contribution >= 4 is 17.5 Å². The van der Waals surface area contributed by atoms with Crippen molar-refractivity contribution in [2.75, 3.05) is 5.75 Å². The average Bonchev–Trinajstić information content (AvgIpc) is 2.79. The molecule has 1 N–H and O–H groups in total. The summed E-state index contributed by atoms with van der Waals surface area (Å²) in [6, 6.07) is 5.76. The van der Waals surface area contributed by atoms with Gasteiger partial charge in [-0.1, -0.05) is 23.9 Å². The zero-order valence-corrected chi connectivity index (χ0v) is 12.7. The molecule has 0 saturated carbocycles. The van der Waals surface area contributed by atoms with E-state index in [9.17, 15) is 4.79 Å². The Labute approximate surface area is 122 Å². The van der Waals surface area contributed by atoms with E-state index in [2.05, 4.69) is 4.98 Å². The van der Waals surface area contributed by atoms with Crippen molar-refractivity contribution in [2.45, 2.75) is 25.6 Å². The van der Waals surface area contributed by atoms with Gasteiger partial charge < -0.3 is 9.67 Å². The molecule has 0 saturated heterocycles. The summed E-state index contributed by atoms with van der Waals surface area (Å²) < 4.78 is 1.80. The maximum Gasteiger partial charge on any atom is 0.173 e. The molecule has 0 fully saturated rings. The molecule has 1 aromatic heterocycles. The third kappa shape index (κ3) is 3.11. The normalized spacial score (nSPS) is 10.8. The lowest BCUT2D eigenvalue weighted by molar-refractivity contribution is 0.102. The number of hydrogen-bond donors (Lipinski definition) is 1. The number of carbonyl (C=O) groups excluding carboxylic acids is 1. The predicted octanol–water partition coefficient (Wildman–Crippen LogP) is 2.50. The minimum absolute atomic E-state index is 0.0465. The first-order chi connectivity index (χ1) is 9.52. The van der Waals surface area contributed by atoms with E-state index in [1.165, 1.54) is 17.3 Å². The summed E-state index contributed by atoms with van der Waals surface area (Å²) in [7, 11) is 1.83. The number of hydrogen-bond acceptors (Lipinski definition) is 4. The van der Waals surface area contributed by atoms with Crippen molar-refractivity contribution in [3.63, 3.8) is 0 Å². The molecule has 5 heteroatoms. The van der Waals surface area contributed by atoms with Gasteiger partial charge >= 0.3 is 0 Å². The van der Waals surface area contributed by atoms with Crippen molar-refractivity contribution in [3.8, 4) is 0 Å². The SMILES string of the molecule is Cc1ccc(C(=O)CSc2ncc(CO)n2C)cc1C. The van der Waals surface area contributed by atoms with Crippen molar-refractivity contribution in [3.05, 3.63) is 46.8 Å². The number of aryl methyl sites for hydroxylation is 2. The van der Waals surface area contributed by atoms with Gasteiger partial charge in [-0.25, -0.2) is 4.98 Å². The molecule has 0 bridgehead atoms. The Hall–Kier alpha value is -1.59. The molecule has 0 radical (unpaired) electrons. The van der Waals surface area contributed by atoms with Crippen LogP contribution in [0.4, 0.5) is 0 Å². The van der Waals surface area contributed by atoms with E-state index < -0.39 is 0 Å². The van der Waals surface area contributed by atoms with Gasteiger partial charge in [0, 0.05) is 12.6 Å². The van der Waals surface area contributed by atoms with Crippen LogP contribution in [0.5, 0.6) is 0 Å². The van der Waals surface area contributed by atoms with Crippen molar-refractivity contribution in [1.29, 1.82) is 0 Å². The third-order valence-electron chi connectivity index (χ3n) is 3.37. The van der Waals surface area contributed by atoms with Crippen LogP contribution in [0.3, 0.4) is 0 Å². The molecule has 20 heavy (non-hydrogen) atoms. The van der Waals surface area contributed by atoms with Crippen molar-refractivity contribution in [2.24, 2.45) is 7.05 Å². The number of rotatable bonds is 5. The lowest BCUT2D eigenvalue weighted by atomic mass is 10.0. The maximum absolute atomic E-state index is 12.2. The molecule has 1 aromatic carbocycles. The number of thioether (sulfide) groups is 1. The van der Waals surface area contributed by atoms with Crippen LogP contribution < -0.4 is 0 Å². The minimum Gasteiger partial charge on any atom is -0.390 e. The second-order valence-corrected chi connectivity index (χ2v) is 5.70. The van der Waals surface area contributed by atoms with Crippen LogP contribution in [0.1, 0.15) is 27.2 Å². The first kappa shape index (κ1) is 14.8. The third-order valence-corrected chi connectivity index (χ3v) is 4.41. The monoisotopic (exact) mass is 290 g/mol. The summed E-state index contributed by atoms with van der Waals surface area (Å²) >= 11 is 1.39. The minimum atomic E-state index is -0.0465. The number of carbonyl (C=O) groups is 1. The lowest BCUT2D eigenvalue weighted by Gasteiger charge is -2.05. The summed E-state index contributed by atoms with van der Waals surface area (Å²) in [5, 5.41) is 9.85. The Bertz CT molecular complexity index is 635. The fraction of sp³-hybridized carbons (Fsp3) is 0.333. The summed E-state index contributed by atoms with van der Waals surface area (Å²) in [5.74, 6) is 0.435. The van der Waals surface area contributed by atoms with Crippen molar-refractivity contribution < 1.29 is 9.90 Å². The van der Waals surface area contributed by atoms with Gasteiger partial charge in [-0.15, -0.1) is 0 Å². The Kier molecular flexibility index (Phi) is 4.62. The van der Waals surface area contributed by atoms with E-state index in [1.54, 1.807) is 10.8 Å². The number of benzene rings is 1. The van der Waals surface area contributed by atoms with Crippen LogP contribution in [0.2, 0.25) is 0 Å². The summed E-state index contributed by atoms with van der Waals surface area (Å²) in [6.07, 6.45) is 1.63. The molecular formula is C15H18N2O2S. The zero-order chi connectivity index (χ0) is 14.7. The molecule has 0 unspecified atom stereocenters. The summed E-state index contributed by atoms with van der Waals surface area (Å²) in [5.41, 5.74) is 3.79. The van der Waals surface area contributed by atoms with Crippen LogP contribution in [0.25, 0.3) is 0 Å². The topological polar surface area (TPSA) is 55.1 Å². The second-order valence-electron chi connectivity index (χ2n) is 4.76. The van der Waals surface area contributed by atoms with Gasteiger partial charge in [0.25, 0.3) is 0 Å². The Morgan fingerprint density at radius 2 is 2.10 bits per heavy atom. The number of aliphatic hydroxyl groups excluding tert-OH is 1. The van der Waals surface area contributed by atoms with Crippen LogP contribution >= 0.6 is 11.8 Å². The zero-order valence-electron chi connectivity index (χ0n) is 11.9. The van der Waals surface area contributed by atoms with E-state index in [-0.39, 0.29) is 12.4 Å². The average molecular weight is 290 g/mol. The van der Waals surface area contributed by atoms with Crippen LogP contribution in [0, 0.1) is 13.8 Å². The van der Waals surface area contributed by atoms with Gasteiger partial charge in [0.1, 0.15) is 0 Å². The number of aromatic nitrogens is 2. The number of aliphatic hydroxyl groups is 1. The highest BCUT2D eigenvalue weighted by Crippen LogP contribution is 2.19. The lowest BCUT2D eigenvalue weighted by Crippen LogP contribution is -2.05. The molecule has 4 nitrogen and oxygen atoms in total. The summed E-state index contributed by atoms with van der Waals surface area (Å²) in [4.78, 5) is 16.4. The predicted molar refractivity (Wildman–Crippen MR) is 80.1 cm³/mol. The first-order valence-corrected chi connectivity index (χ1v) is 7.36. The number of nitrogens with zero attached hydrogens (tertiary/aromatic N) is 2. The van der Waals surface area contributed by atoms with Gasteiger partial charge in [0.15, 0.2) is 10.9 Å². The van der Waals surface area contributed by atoms with E-state index in [0.717, 1.165) is 22.0 Å². The smallest absolute Gasteiger partial charge is 0.173 e. The molecule has 0 aliphatic carbocycles. The number of Topliss-reactive ketones (excluding diaryl/α,β-unsaturated/α-hetero) is 1. The van der Waals surface area contributed by atoms with Gasteiger partial charge in [0.2, 0.25) is 0 Å². The molecule has 2 aromatic rings. The first-order valence-electron chi connectivity index (χ1n) is 6.37. The van der Waals surface area contributed by atoms with E-state index in [4.69, 9.17) is 5.11 Å². The molecule has 0 atom stereocenters. The highest BCUT2D eigenvalue weighted by atomic mass is 32.2. The molecule has 0 amide bonds. The summed E-state index contributed by atoms with van der Waals surface area (Å²) in [6.45, 7) is 3.99. The fourth-order valence-electron chi connectivity index (χ4n) is 1.84. The second kappa shape index (κ2) is 6.24. The molecule has 2 rings (SSSR count). The Morgan fingerprint density at radius 3 is 2.70 bits per heavy atom. The van der Waals surface area contributed by atoms with Gasteiger partial charge in [0.05, 0.1) is 24.3 Å². The molecular weight excluding hydrogens is 272 g/mol. The van der Waals surface area contributed by atoms with E-state index >= 15 is 0 Å². The molecule has 0 spiro atoms. The molecule has 0 aliphatic heterocycles. The van der Waals surface area contributed by atoms with Gasteiger partial charge in [-0.2, -0.15) is 0 Å². The fourth-order valence-corrected chi connectivity index (χ4v) is 2.70. The van der Waals surface area contributed by atoms with Crippen LogP contribution in [-0.4, -0.2) is 26.2 Å². The molecule has 1 heterocycles.